The van der Waals surface area contributed by atoms with Gasteiger partial charge in [0.25, 0.3) is 17.7 Å². The van der Waals surface area contributed by atoms with Crippen LogP contribution in [-0.4, -0.2) is 249 Å². The van der Waals surface area contributed by atoms with Gasteiger partial charge in [-0.05, 0) is 170 Å². The van der Waals surface area contributed by atoms with Crippen molar-refractivity contribution in [1.82, 2.24) is 65.4 Å². The fourth-order valence-corrected chi connectivity index (χ4v) is 17.9. The normalized spacial score (nSPS) is 19.9. The highest BCUT2D eigenvalue weighted by atomic mass is 32.1. The number of para-hydroxylation sites is 1. The third kappa shape index (κ3) is 20.9. The summed E-state index contributed by atoms with van der Waals surface area (Å²) in [7, 11) is 3.95. The quantitative estimate of drug-likeness (QED) is 0.0122. The Labute approximate surface area is 698 Å². The van der Waals surface area contributed by atoms with E-state index in [9.17, 15) is 43.5 Å². The predicted molar refractivity (Wildman–Crippen MR) is 451 cm³/mol. The number of β-amino-alcohol motifs (C(OH)–C–C–N with tert-alkyl or cyclic N) is 1. The highest BCUT2D eigenvalue weighted by Crippen LogP contribution is 2.44. The van der Waals surface area contributed by atoms with Crippen LogP contribution in [-0.2, 0) is 45.0 Å². The molecule has 4 saturated heterocycles. The number of amides is 8. The molecule has 0 radical (unpaired) electrons. The largest absolute Gasteiger partial charge is 0.488 e. The number of fused-ring (bicyclic) bond motifs is 2. The van der Waals surface area contributed by atoms with Crippen LogP contribution in [0.25, 0.3) is 21.7 Å². The first-order chi connectivity index (χ1) is 57.4. The second kappa shape index (κ2) is 39.3. The Balaban J connectivity index is 0.556. The number of nitrogen functional groups attached to an aromatic ring is 1. The van der Waals surface area contributed by atoms with Crippen molar-refractivity contribution in [2.75, 3.05) is 127 Å². The minimum atomic E-state index is -1.40. The fraction of sp³-hybridized carbons (Fsp3) is 0.506. The van der Waals surface area contributed by atoms with E-state index in [0.29, 0.717) is 119 Å². The van der Waals surface area contributed by atoms with E-state index in [1.165, 1.54) is 4.90 Å². The molecule has 6 aliphatic rings. The summed E-state index contributed by atoms with van der Waals surface area (Å²) in [6.45, 7) is 17.2. The predicted octanol–water partition coefficient (Wildman–Crippen LogP) is 7.75. The summed E-state index contributed by atoms with van der Waals surface area (Å²) in [4.78, 5) is 133. The summed E-state index contributed by atoms with van der Waals surface area (Å²) in [5.41, 5.74) is 20.6. The molecule has 13 rings (SSSR count). The lowest BCUT2D eigenvalue weighted by atomic mass is 9.67. The molecule has 1 saturated carbocycles. The second-order valence-electron chi connectivity index (χ2n) is 32.8. The van der Waals surface area contributed by atoms with E-state index >= 15 is 0 Å². The van der Waals surface area contributed by atoms with Gasteiger partial charge in [0.2, 0.25) is 41.3 Å². The van der Waals surface area contributed by atoms with E-state index in [0.717, 1.165) is 113 Å². The first-order valence-corrected chi connectivity index (χ1v) is 42.5. The van der Waals surface area contributed by atoms with Gasteiger partial charge >= 0.3 is 0 Å². The van der Waals surface area contributed by atoms with Crippen LogP contribution < -0.4 is 51.4 Å². The molecule has 5 fully saturated rings. The highest BCUT2D eigenvalue weighted by molar-refractivity contribution is 7.13. The molecule has 31 nitrogen and oxygen atoms in total. The zero-order valence-corrected chi connectivity index (χ0v) is 69.9. The minimum absolute atomic E-state index is 0.0294. The summed E-state index contributed by atoms with van der Waals surface area (Å²) in [6, 6.07) is 29.3. The number of benzene rings is 3. The third-order valence-electron chi connectivity index (χ3n) is 23.9. The SMILES string of the molecule is Cc1ncsc1-c1ccc([C@H](C)NC(=O)[C@@H]2C[C@@H](O)CN2C(=O)[C@@H](c2cc(OCCN3CCN(CCOc4cc(N5C6CCC5CN(c5cc(-c7ccccc7OCc7ccc(NC(=O)[C@H](CCCCN(C)C)N(CCCCCNC(=O)CN8C(=O)C=CC8=O)C(=O)C8(C(N)=O)CCC8)cc7)nnc5N)C6)ccn4)[C@H](C)C3)no2)C(C)C)cc1. The van der Waals surface area contributed by atoms with E-state index < -0.39 is 65.0 Å². The number of hydrogen-bond donors (Lipinski definition) is 6. The highest BCUT2D eigenvalue weighted by Gasteiger charge is 2.53. The number of nitrogens with zero attached hydrogens (tertiary/aromatic N) is 13. The minimum Gasteiger partial charge on any atom is -0.488 e. The van der Waals surface area contributed by atoms with Crippen molar-refractivity contribution in [3.63, 3.8) is 0 Å². The van der Waals surface area contributed by atoms with E-state index in [1.54, 1.807) is 34.4 Å². The molecule has 7 aromatic rings. The average Bonchev–Trinajstić information content (AvgIpc) is 1.66. The van der Waals surface area contributed by atoms with Gasteiger partial charge in [0, 0.05) is 137 Å². The number of thiazole rings is 1. The monoisotopic (exact) mass is 1650 g/mol. The molecule has 8 atom stereocenters. The smallest absolute Gasteiger partial charge is 0.254 e. The van der Waals surface area contributed by atoms with Crippen molar-refractivity contribution < 1.29 is 62.2 Å². The zero-order chi connectivity index (χ0) is 84.0. The van der Waals surface area contributed by atoms with E-state index in [1.807, 2.05) is 126 Å². The Morgan fingerprint density at radius 2 is 1.53 bits per heavy atom. The maximum Gasteiger partial charge on any atom is 0.254 e. The summed E-state index contributed by atoms with van der Waals surface area (Å²) in [5, 5.41) is 33.0. The standard InChI is InChI=1S/C87H112N18O13S/c1-55(2)79(84(112)103-51-66(106)45-71(103)83(111)93-57(4)60-21-23-61(24-22-60)80-58(5)92-54-119-80)73-47-76(97-118-73)116-42-40-99-38-39-100(56(3)48-99)41-43-115-75-44-63(31-35-91-75)105-64-27-28-65(105)50-101(49-64)70-46-68(95-96-81(70)88)67-16-9-10-18-72(67)117-53-59-19-25-62(26-20-59)94-82(110)69(17-11-14-36-98(6)7)102(86(114)87(85(89)113)32-15-33-87)37-13-8-12-34-90-74(107)52-104-77(108)29-30-78(104)109/h9-10,16,18-26,29-31,35,44,46-47,54-57,64-66,69,71,79,106H,8,11-15,17,27-28,32-34,36-43,45,48-53H2,1-7H3,(H2,88,96)(H2,89,113)(H,90,107)(H,93,111)(H,94,110)/t56-,57+,64?,65?,66-,69+,71+,79-/m1/s1. The van der Waals surface area contributed by atoms with Gasteiger partial charge in [0.05, 0.1) is 39.6 Å². The number of rotatable bonds is 39. The number of aliphatic hydroxyl groups is 1. The topological polar surface area (TPSA) is 376 Å². The molecule has 2 bridgehead atoms. The third-order valence-corrected chi connectivity index (χ3v) is 24.9. The number of ether oxygens (including phenoxy) is 3. The Hall–Kier alpha value is -10.9. The van der Waals surface area contributed by atoms with Crippen molar-refractivity contribution in [2.45, 2.75) is 167 Å². The molecule has 119 heavy (non-hydrogen) atoms. The summed E-state index contributed by atoms with van der Waals surface area (Å²) >= 11 is 1.58. The molecule has 32 heteroatoms. The lowest BCUT2D eigenvalue weighted by Crippen LogP contribution is -2.59. The van der Waals surface area contributed by atoms with Crippen LogP contribution in [0.3, 0.4) is 0 Å². The number of primary amides is 1. The summed E-state index contributed by atoms with van der Waals surface area (Å²) in [6.07, 6.45) is 9.90. The van der Waals surface area contributed by atoms with Crippen molar-refractivity contribution in [3.8, 4) is 39.2 Å². The molecule has 0 spiro atoms. The molecular formula is C87H112N18O13S. The van der Waals surface area contributed by atoms with Crippen molar-refractivity contribution in [1.29, 1.82) is 0 Å². The van der Waals surface area contributed by atoms with Crippen LogP contribution in [0.1, 0.15) is 139 Å². The van der Waals surface area contributed by atoms with Crippen LogP contribution in [0.4, 0.5) is 22.9 Å². The second-order valence-corrected chi connectivity index (χ2v) is 33.7. The number of piperazine rings is 2. The number of aliphatic hydroxyl groups excluding tert-OH is 1. The zero-order valence-electron chi connectivity index (χ0n) is 69.1. The molecule has 1 aliphatic carbocycles. The molecule has 8 N–H and O–H groups in total. The van der Waals surface area contributed by atoms with Gasteiger partial charge in [-0.3, -0.25) is 53.1 Å². The number of nitrogens with two attached hydrogens (primary N) is 2. The van der Waals surface area contributed by atoms with Gasteiger partial charge in [0.15, 0.2) is 11.6 Å². The number of carbonyl (C=O) groups excluding carboxylic acids is 8. The number of unbranched alkanes of at least 4 members (excludes halogenated alkanes) is 3. The van der Waals surface area contributed by atoms with Crippen LogP contribution >= 0.6 is 11.3 Å². The maximum atomic E-state index is 14.6. The van der Waals surface area contributed by atoms with Gasteiger partial charge < -0.3 is 75.8 Å². The van der Waals surface area contributed by atoms with Gasteiger partial charge in [-0.25, -0.2) is 9.97 Å². The summed E-state index contributed by atoms with van der Waals surface area (Å²) < 4.78 is 24.8. The molecule has 2 unspecified atom stereocenters. The van der Waals surface area contributed by atoms with Crippen LogP contribution in [0.15, 0.2) is 125 Å². The number of hydrogen-bond acceptors (Lipinski definition) is 25. The number of nitrogens with one attached hydrogen (secondary N) is 3. The Bertz CT molecular complexity index is 4720. The van der Waals surface area contributed by atoms with Crippen LogP contribution in [0.2, 0.25) is 0 Å². The Morgan fingerprint density at radius 3 is 2.23 bits per heavy atom. The van der Waals surface area contributed by atoms with Crippen molar-refractivity contribution in [2.24, 2.45) is 17.1 Å². The van der Waals surface area contributed by atoms with Crippen LogP contribution in [0.5, 0.6) is 17.5 Å². The number of pyridine rings is 1. The number of anilines is 4. The van der Waals surface area contributed by atoms with Crippen molar-refractivity contribution >= 4 is 81.5 Å². The molecule has 4 aromatic heterocycles. The molecular weight excluding hydrogens is 1540 g/mol. The van der Waals surface area contributed by atoms with E-state index in [4.69, 9.17) is 30.2 Å². The summed E-state index contributed by atoms with van der Waals surface area (Å²) in [5.74, 6) is -2.60. The number of likely N-dealkylation sites (tertiary alicyclic amines) is 1. The average molecular weight is 1650 g/mol. The lowest BCUT2D eigenvalue weighted by Gasteiger charge is -2.43. The van der Waals surface area contributed by atoms with Gasteiger partial charge in [0.1, 0.15) is 55.5 Å². The molecule has 3 aromatic carbocycles. The van der Waals surface area contributed by atoms with Gasteiger partial charge in [-0.1, -0.05) is 68.8 Å². The van der Waals surface area contributed by atoms with Crippen LogP contribution in [0, 0.1) is 18.3 Å². The van der Waals surface area contributed by atoms with Gasteiger partial charge in [-0.2, -0.15) is 0 Å². The number of aryl methyl sites for hydroxylation is 1. The molecule has 8 amide bonds. The maximum absolute atomic E-state index is 14.6. The first kappa shape index (κ1) is 85.9. The first-order valence-electron chi connectivity index (χ1n) is 41.7. The molecule has 5 aliphatic heterocycles. The van der Waals surface area contributed by atoms with Gasteiger partial charge in [-0.15, -0.1) is 21.5 Å². The number of carbonyl (C=O) groups is 8. The van der Waals surface area contributed by atoms with Crippen molar-refractivity contribution in [3.05, 3.63) is 144 Å². The fourth-order valence-electron chi connectivity index (χ4n) is 17.1. The van der Waals surface area contributed by atoms with E-state index in [-0.39, 0.29) is 87.0 Å². The lowest BCUT2D eigenvalue weighted by molar-refractivity contribution is -0.159. The Kier molecular flexibility index (Phi) is 28.4. The molecule has 9 heterocycles. The number of imide groups is 1. The number of aromatic nitrogens is 5. The molecule has 634 valence electrons. The Morgan fingerprint density at radius 1 is 0.798 bits per heavy atom. The van der Waals surface area contributed by atoms with E-state index in [2.05, 4.69) is 78.8 Å².